The minimum absolute atomic E-state index is 0.398. The van der Waals surface area contributed by atoms with Crippen LogP contribution in [0.25, 0.3) is 0 Å². The van der Waals surface area contributed by atoms with Crippen LogP contribution in [0.3, 0.4) is 0 Å². The van der Waals surface area contributed by atoms with E-state index in [2.05, 4.69) is 11.8 Å². The van der Waals surface area contributed by atoms with E-state index < -0.39 is 5.60 Å². The average Bonchev–Trinajstić information content (AvgIpc) is 2.01. The van der Waals surface area contributed by atoms with Gasteiger partial charge in [-0.3, -0.25) is 0 Å². The lowest BCUT2D eigenvalue weighted by Crippen LogP contribution is -2.30. The first kappa shape index (κ1) is 11.5. The first-order valence-corrected chi connectivity index (χ1v) is 4.32. The van der Waals surface area contributed by atoms with E-state index in [1.807, 2.05) is 6.92 Å². The molecule has 0 aromatic carbocycles. The van der Waals surface area contributed by atoms with Gasteiger partial charge < -0.3 is 9.84 Å². The Morgan fingerprint density at radius 2 is 2.17 bits per heavy atom. The van der Waals surface area contributed by atoms with Gasteiger partial charge in [-0.1, -0.05) is 0 Å². The second-order valence-corrected chi connectivity index (χ2v) is 3.06. The molecule has 0 aromatic rings. The fourth-order valence-corrected chi connectivity index (χ4v) is 0.851. The molecule has 0 aliphatic carbocycles. The molecule has 0 amide bonds. The van der Waals surface area contributed by atoms with E-state index in [1.54, 1.807) is 13.8 Å². The molecular formula is C10H18O2. The molecule has 0 saturated heterocycles. The fraction of sp³-hybridized carbons (Fsp3) is 0.800. The molecule has 0 saturated carbocycles. The standard InChI is InChI=1S/C10H18O2/c1-4-6-7-8-10(3,11)9-12-5-2/h11H,5,7-9H2,1-3H3. The van der Waals surface area contributed by atoms with Gasteiger partial charge in [-0.25, -0.2) is 0 Å². The van der Waals surface area contributed by atoms with Crippen LogP contribution in [0.2, 0.25) is 0 Å². The van der Waals surface area contributed by atoms with Crippen LogP contribution in [-0.4, -0.2) is 23.9 Å². The van der Waals surface area contributed by atoms with Crippen LogP contribution >= 0.6 is 0 Å². The van der Waals surface area contributed by atoms with E-state index in [9.17, 15) is 5.11 Å². The van der Waals surface area contributed by atoms with Gasteiger partial charge in [0.2, 0.25) is 0 Å². The van der Waals surface area contributed by atoms with Crippen molar-refractivity contribution < 1.29 is 9.84 Å². The predicted octanol–water partition coefficient (Wildman–Crippen LogP) is 1.58. The molecule has 0 spiro atoms. The van der Waals surface area contributed by atoms with Crippen molar-refractivity contribution in [1.29, 1.82) is 0 Å². The van der Waals surface area contributed by atoms with Crippen molar-refractivity contribution >= 4 is 0 Å². The van der Waals surface area contributed by atoms with Crippen LogP contribution in [0.5, 0.6) is 0 Å². The Morgan fingerprint density at radius 3 is 2.67 bits per heavy atom. The Hall–Kier alpha value is -0.520. The molecule has 0 rings (SSSR count). The number of hydrogen-bond acceptors (Lipinski definition) is 2. The van der Waals surface area contributed by atoms with Crippen LogP contribution in [0.1, 0.15) is 33.6 Å². The Kier molecular flexibility index (Phi) is 5.79. The molecule has 70 valence electrons. The van der Waals surface area contributed by atoms with Gasteiger partial charge in [-0.15, -0.1) is 11.8 Å². The van der Waals surface area contributed by atoms with E-state index in [0.29, 0.717) is 19.6 Å². The second-order valence-electron chi connectivity index (χ2n) is 3.06. The van der Waals surface area contributed by atoms with Crippen molar-refractivity contribution in [3.8, 4) is 11.8 Å². The zero-order chi connectivity index (χ0) is 9.45. The minimum Gasteiger partial charge on any atom is -0.388 e. The van der Waals surface area contributed by atoms with Crippen LogP contribution < -0.4 is 0 Å². The third-order valence-corrected chi connectivity index (χ3v) is 1.58. The molecule has 0 fully saturated rings. The maximum Gasteiger partial charge on any atom is 0.0861 e. The highest BCUT2D eigenvalue weighted by Crippen LogP contribution is 2.11. The van der Waals surface area contributed by atoms with Crippen molar-refractivity contribution in [1.82, 2.24) is 0 Å². The van der Waals surface area contributed by atoms with Gasteiger partial charge in [0.25, 0.3) is 0 Å². The summed E-state index contributed by atoms with van der Waals surface area (Å²) >= 11 is 0. The van der Waals surface area contributed by atoms with Gasteiger partial charge >= 0.3 is 0 Å². The molecule has 2 heteroatoms. The van der Waals surface area contributed by atoms with Crippen molar-refractivity contribution in [3.05, 3.63) is 0 Å². The Balaban J connectivity index is 3.60. The van der Waals surface area contributed by atoms with Gasteiger partial charge in [0.15, 0.2) is 0 Å². The lowest BCUT2D eigenvalue weighted by atomic mass is 10.0. The maximum atomic E-state index is 9.68. The summed E-state index contributed by atoms with van der Waals surface area (Å²) < 4.78 is 5.13. The van der Waals surface area contributed by atoms with Gasteiger partial charge in [-0.05, 0) is 27.2 Å². The summed E-state index contributed by atoms with van der Waals surface area (Å²) in [6.45, 7) is 6.55. The Morgan fingerprint density at radius 1 is 1.50 bits per heavy atom. The van der Waals surface area contributed by atoms with Crippen molar-refractivity contribution in [2.45, 2.75) is 39.2 Å². The predicted molar refractivity (Wildman–Crippen MR) is 49.8 cm³/mol. The molecular weight excluding hydrogens is 152 g/mol. The summed E-state index contributed by atoms with van der Waals surface area (Å²) in [6, 6.07) is 0. The lowest BCUT2D eigenvalue weighted by Gasteiger charge is -2.21. The van der Waals surface area contributed by atoms with E-state index in [1.165, 1.54) is 0 Å². The Labute approximate surface area is 74.9 Å². The molecule has 12 heavy (non-hydrogen) atoms. The zero-order valence-corrected chi connectivity index (χ0v) is 8.18. The van der Waals surface area contributed by atoms with Crippen LogP contribution in [-0.2, 0) is 4.74 Å². The van der Waals surface area contributed by atoms with E-state index in [4.69, 9.17) is 4.74 Å². The summed E-state index contributed by atoms with van der Waals surface area (Å²) in [5.41, 5.74) is -0.722. The molecule has 0 aliphatic rings. The smallest absolute Gasteiger partial charge is 0.0861 e. The third kappa shape index (κ3) is 6.21. The van der Waals surface area contributed by atoms with E-state index >= 15 is 0 Å². The van der Waals surface area contributed by atoms with Gasteiger partial charge in [0.1, 0.15) is 0 Å². The number of ether oxygens (including phenoxy) is 1. The summed E-state index contributed by atoms with van der Waals surface area (Å²) in [4.78, 5) is 0. The Bertz CT molecular complexity index is 162. The zero-order valence-electron chi connectivity index (χ0n) is 8.18. The van der Waals surface area contributed by atoms with E-state index in [-0.39, 0.29) is 0 Å². The molecule has 1 N–H and O–H groups in total. The number of aliphatic hydroxyl groups is 1. The molecule has 0 heterocycles. The number of rotatable bonds is 5. The monoisotopic (exact) mass is 170 g/mol. The highest BCUT2D eigenvalue weighted by Gasteiger charge is 2.18. The van der Waals surface area contributed by atoms with Crippen molar-refractivity contribution in [2.75, 3.05) is 13.2 Å². The molecule has 0 bridgehead atoms. The molecule has 1 unspecified atom stereocenters. The quantitative estimate of drug-likeness (QED) is 0.635. The first-order chi connectivity index (χ1) is 5.62. The minimum atomic E-state index is -0.722. The molecule has 0 aliphatic heterocycles. The van der Waals surface area contributed by atoms with Gasteiger partial charge in [0.05, 0.1) is 12.2 Å². The molecule has 0 aromatic heterocycles. The summed E-state index contributed by atoms with van der Waals surface area (Å²) in [5.74, 6) is 5.71. The fourth-order valence-electron chi connectivity index (χ4n) is 0.851. The van der Waals surface area contributed by atoms with Crippen molar-refractivity contribution in [2.24, 2.45) is 0 Å². The highest BCUT2D eigenvalue weighted by atomic mass is 16.5. The second kappa shape index (κ2) is 6.05. The first-order valence-electron chi connectivity index (χ1n) is 4.32. The molecule has 2 nitrogen and oxygen atoms in total. The lowest BCUT2D eigenvalue weighted by molar-refractivity contribution is -0.0345. The topological polar surface area (TPSA) is 29.5 Å². The summed E-state index contributed by atoms with van der Waals surface area (Å²) in [5, 5.41) is 9.68. The highest BCUT2D eigenvalue weighted by molar-refractivity contribution is 4.96. The normalized spacial score (nSPS) is 14.7. The molecule has 1 atom stereocenters. The van der Waals surface area contributed by atoms with Crippen LogP contribution in [0.4, 0.5) is 0 Å². The largest absolute Gasteiger partial charge is 0.388 e. The summed E-state index contributed by atoms with van der Waals surface area (Å²) in [6.07, 6.45) is 1.41. The maximum absolute atomic E-state index is 9.68. The average molecular weight is 170 g/mol. The number of hydrogen-bond donors (Lipinski definition) is 1. The van der Waals surface area contributed by atoms with Crippen molar-refractivity contribution in [3.63, 3.8) is 0 Å². The van der Waals surface area contributed by atoms with Gasteiger partial charge in [-0.2, -0.15) is 0 Å². The SMILES string of the molecule is CC#CCCC(C)(O)COCC. The van der Waals surface area contributed by atoms with Gasteiger partial charge in [0, 0.05) is 13.0 Å². The van der Waals surface area contributed by atoms with Crippen LogP contribution in [0, 0.1) is 11.8 Å². The summed E-state index contributed by atoms with van der Waals surface area (Å²) in [7, 11) is 0. The third-order valence-electron chi connectivity index (χ3n) is 1.58. The van der Waals surface area contributed by atoms with Crippen LogP contribution in [0.15, 0.2) is 0 Å². The van der Waals surface area contributed by atoms with E-state index in [0.717, 1.165) is 6.42 Å². The molecule has 0 radical (unpaired) electrons.